The number of imidazole rings is 1. The zero-order chi connectivity index (χ0) is 20.0. The Hall–Kier alpha value is -3.12. The van der Waals surface area contributed by atoms with E-state index in [-0.39, 0.29) is 22.2 Å². The molecule has 3 rings (SSSR count). The van der Waals surface area contributed by atoms with Crippen molar-refractivity contribution in [1.29, 1.82) is 5.26 Å². The molecule has 9 heteroatoms. The maximum absolute atomic E-state index is 13.0. The van der Waals surface area contributed by atoms with Gasteiger partial charge in [-0.2, -0.15) is 5.26 Å². The summed E-state index contributed by atoms with van der Waals surface area (Å²) in [4.78, 5) is 8.39. The van der Waals surface area contributed by atoms with Gasteiger partial charge < -0.3 is 10.5 Å². The van der Waals surface area contributed by atoms with E-state index < -0.39 is 14.6 Å². The molecule has 0 fully saturated rings. The number of aromatic nitrogens is 3. The number of hydrogen-bond donors (Lipinski definition) is 1. The molecule has 0 aliphatic rings. The Morgan fingerprint density at radius 3 is 2.59 bits per heavy atom. The second-order valence-corrected chi connectivity index (χ2v) is 9.61. The minimum absolute atomic E-state index is 0.0474. The van der Waals surface area contributed by atoms with Crippen molar-refractivity contribution in [3.63, 3.8) is 0 Å². The van der Waals surface area contributed by atoms with Crippen molar-refractivity contribution in [3.05, 3.63) is 36.3 Å². The van der Waals surface area contributed by atoms with Crippen molar-refractivity contribution in [2.75, 3.05) is 12.8 Å². The second-order valence-electron chi connectivity index (χ2n) is 6.94. The van der Waals surface area contributed by atoms with E-state index >= 15 is 0 Å². The maximum Gasteiger partial charge on any atom is 0.188 e. The molecule has 0 aromatic carbocycles. The van der Waals surface area contributed by atoms with Gasteiger partial charge in [-0.05, 0) is 32.9 Å². The molecule has 3 aromatic rings. The molecule has 0 unspecified atom stereocenters. The van der Waals surface area contributed by atoms with Crippen LogP contribution >= 0.6 is 0 Å². The highest BCUT2D eigenvalue weighted by Gasteiger charge is 2.34. The van der Waals surface area contributed by atoms with Crippen LogP contribution in [0, 0.1) is 11.3 Å². The third-order valence-corrected chi connectivity index (χ3v) is 6.69. The molecule has 27 heavy (non-hydrogen) atoms. The number of anilines is 1. The number of nitrogens with zero attached hydrogens (tertiary/aromatic N) is 4. The molecule has 0 saturated carbocycles. The fourth-order valence-electron chi connectivity index (χ4n) is 2.64. The zero-order valence-electron chi connectivity index (χ0n) is 15.4. The number of nitrogen functional groups attached to an aromatic ring is 1. The fraction of sp³-hybridized carbons (Fsp3) is 0.278. The van der Waals surface area contributed by atoms with Crippen molar-refractivity contribution in [3.8, 4) is 23.1 Å². The summed E-state index contributed by atoms with van der Waals surface area (Å²) in [7, 11) is -2.27. The summed E-state index contributed by atoms with van der Waals surface area (Å²) in [5.41, 5.74) is 7.30. The Labute approximate surface area is 157 Å². The highest BCUT2D eigenvalue weighted by molar-refractivity contribution is 7.92. The van der Waals surface area contributed by atoms with Gasteiger partial charge in [-0.1, -0.05) is 0 Å². The van der Waals surface area contributed by atoms with Crippen LogP contribution in [-0.4, -0.2) is 34.6 Å². The number of hydrogen-bond acceptors (Lipinski definition) is 7. The fourth-order valence-corrected chi connectivity index (χ4v) is 3.95. The Bertz CT molecular complexity index is 1180. The third kappa shape index (κ3) is 2.98. The number of sulfone groups is 1. The summed E-state index contributed by atoms with van der Waals surface area (Å²) < 4.78 is 31.9. The number of pyridine rings is 2. The molecule has 3 aromatic heterocycles. The lowest BCUT2D eigenvalue weighted by Crippen LogP contribution is -2.28. The van der Waals surface area contributed by atoms with Crippen molar-refractivity contribution in [2.45, 2.75) is 30.4 Å². The summed E-state index contributed by atoms with van der Waals surface area (Å²) in [5, 5.41) is 9.37. The first-order chi connectivity index (χ1) is 12.6. The van der Waals surface area contributed by atoms with Gasteiger partial charge in [-0.25, -0.2) is 18.4 Å². The molecule has 8 nitrogen and oxygen atoms in total. The van der Waals surface area contributed by atoms with Gasteiger partial charge in [0.15, 0.2) is 15.5 Å². The van der Waals surface area contributed by atoms with Gasteiger partial charge in [-0.3, -0.25) is 4.40 Å². The smallest absolute Gasteiger partial charge is 0.188 e. The first-order valence-corrected chi connectivity index (χ1v) is 9.55. The molecule has 0 amide bonds. The lowest BCUT2D eigenvalue weighted by Gasteiger charge is -2.21. The summed E-state index contributed by atoms with van der Waals surface area (Å²) in [5.74, 6) is 0.437. The molecule has 0 aliphatic heterocycles. The second kappa shape index (κ2) is 6.25. The topological polar surface area (TPSA) is 123 Å². The van der Waals surface area contributed by atoms with Gasteiger partial charge >= 0.3 is 0 Å². The van der Waals surface area contributed by atoms with E-state index in [1.54, 1.807) is 49.6 Å². The first-order valence-electron chi connectivity index (χ1n) is 8.07. The Morgan fingerprint density at radius 1 is 1.30 bits per heavy atom. The number of fused-ring (bicyclic) bond motifs is 1. The number of methoxy groups -OCH3 is 1. The minimum atomic E-state index is -3.68. The van der Waals surface area contributed by atoms with Crippen LogP contribution in [0.15, 0.2) is 35.5 Å². The number of nitriles is 1. The van der Waals surface area contributed by atoms with Crippen LogP contribution in [-0.2, 0) is 9.84 Å². The first kappa shape index (κ1) is 18.7. The van der Waals surface area contributed by atoms with Crippen LogP contribution in [0.3, 0.4) is 0 Å². The van der Waals surface area contributed by atoms with E-state index in [1.807, 2.05) is 6.07 Å². The highest BCUT2D eigenvalue weighted by atomic mass is 32.2. The van der Waals surface area contributed by atoms with Crippen molar-refractivity contribution in [2.24, 2.45) is 0 Å². The van der Waals surface area contributed by atoms with E-state index in [4.69, 9.17) is 10.5 Å². The highest BCUT2D eigenvalue weighted by Crippen LogP contribution is 2.34. The Morgan fingerprint density at radius 2 is 2.00 bits per heavy atom. The molecule has 140 valence electrons. The average molecular weight is 385 g/mol. The molecule has 0 aliphatic carbocycles. The van der Waals surface area contributed by atoms with Crippen molar-refractivity contribution in [1.82, 2.24) is 14.4 Å². The normalized spacial score (nSPS) is 12.1. The molecule has 0 saturated heterocycles. The summed E-state index contributed by atoms with van der Waals surface area (Å²) in [6, 6.07) is 6.79. The van der Waals surface area contributed by atoms with Gasteiger partial charge in [0.2, 0.25) is 0 Å². The Balaban J connectivity index is 2.35. The molecular weight excluding hydrogens is 366 g/mol. The standard InChI is InChI=1S/C18H19N5O3S/c1-18(2,3)27(24,25)15-10-23-13(9-21-17(23)7-14(15)26-4)11-5-6-16(20)22-12(11)8-19/h5-7,9-10H,1-4H3,(H2,20,22). The third-order valence-electron chi connectivity index (χ3n) is 4.19. The van der Waals surface area contributed by atoms with Crippen molar-refractivity contribution < 1.29 is 13.2 Å². The van der Waals surface area contributed by atoms with Gasteiger partial charge in [0, 0.05) is 17.8 Å². The molecule has 0 radical (unpaired) electrons. The van der Waals surface area contributed by atoms with Gasteiger partial charge in [0.25, 0.3) is 0 Å². The van der Waals surface area contributed by atoms with Crippen LogP contribution in [0.1, 0.15) is 26.5 Å². The number of nitrogens with two attached hydrogens (primary N) is 1. The Kier molecular flexibility index (Phi) is 4.32. The quantitative estimate of drug-likeness (QED) is 0.734. The van der Waals surface area contributed by atoms with E-state index in [0.717, 1.165) is 0 Å². The van der Waals surface area contributed by atoms with Crippen LogP contribution in [0.2, 0.25) is 0 Å². The summed E-state index contributed by atoms with van der Waals surface area (Å²) in [6.07, 6.45) is 3.02. The number of rotatable bonds is 3. The lowest BCUT2D eigenvalue weighted by atomic mass is 10.1. The monoisotopic (exact) mass is 385 g/mol. The van der Waals surface area contributed by atoms with Crippen molar-refractivity contribution >= 4 is 21.3 Å². The van der Waals surface area contributed by atoms with E-state index in [1.165, 1.54) is 13.3 Å². The predicted molar refractivity (Wildman–Crippen MR) is 101 cm³/mol. The van der Waals surface area contributed by atoms with E-state index in [9.17, 15) is 13.7 Å². The predicted octanol–water partition coefficient (Wildman–Crippen LogP) is 2.43. The molecular formula is C18H19N5O3S. The van der Waals surface area contributed by atoms with E-state index in [0.29, 0.717) is 16.9 Å². The van der Waals surface area contributed by atoms with E-state index in [2.05, 4.69) is 9.97 Å². The van der Waals surface area contributed by atoms with Crippen LogP contribution in [0.25, 0.3) is 16.9 Å². The lowest BCUT2D eigenvalue weighted by molar-refractivity contribution is 0.401. The molecule has 2 N–H and O–H groups in total. The molecule has 0 atom stereocenters. The zero-order valence-corrected chi connectivity index (χ0v) is 16.2. The molecule has 0 spiro atoms. The molecule has 3 heterocycles. The summed E-state index contributed by atoms with van der Waals surface area (Å²) >= 11 is 0. The van der Waals surface area contributed by atoms with Gasteiger partial charge in [0.1, 0.15) is 28.2 Å². The van der Waals surface area contributed by atoms with Crippen LogP contribution in [0.4, 0.5) is 5.82 Å². The molecule has 0 bridgehead atoms. The number of ether oxygens (including phenoxy) is 1. The minimum Gasteiger partial charge on any atom is -0.495 e. The average Bonchev–Trinajstić information content (AvgIpc) is 3.02. The summed E-state index contributed by atoms with van der Waals surface area (Å²) in [6.45, 7) is 4.87. The van der Waals surface area contributed by atoms with Gasteiger partial charge in [0.05, 0.1) is 23.7 Å². The van der Waals surface area contributed by atoms with Crippen LogP contribution in [0.5, 0.6) is 5.75 Å². The maximum atomic E-state index is 13.0. The van der Waals surface area contributed by atoms with Crippen LogP contribution < -0.4 is 10.5 Å². The SMILES string of the molecule is COc1cc2ncc(-c3ccc(N)nc3C#N)n2cc1S(=O)(=O)C(C)(C)C. The van der Waals surface area contributed by atoms with Gasteiger partial charge in [-0.15, -0.1) is 0 Å². The largest absolute Gasteiger partial charge is 0.495 e.